The van der Waals surface area contributed by atoms with Crippen molar-refractivity contribution in [3.05, 3.63) is 54.3 Å². The molecule has 29 heavy (non-hydrogen) atoms. The molecule has 0 spiro atoms. The molecule has 2 amide bonds. The smallest absolute Gasteiger partial charge is 0.287 e. The number of fused-ring (bicyclic) bond motifs is 1. The summed E-state index contributed by atoms with van der Waals surface area (Å²) in [6.07, 6.45) is 6.18. The van der Waals surface area contributed by atoms with Gasteiger partial charge in [0.05, 0.1) is 5.69 Å². The molecule has 2 aliphatic heterocycles. The number of rotatable bonds is 5. The van der Waals surface area contributed by atoms with E-state index in [1.807, 2.05) is 27.7 Å². The van der Waals surface area contributed by atoms with Crippen LogP contribution in [-0.2, 0) is 13.0 Å². The third-order valence-corrected chi connectivity index (χ3v) is 5.47. The molecule has 0 bridgehead atoms. The van der Waals surface area contributed by atoms with Crippen molar-refractivity contribution in [1.82, 2.24) is 24.8 Å². The standard InChI is InChI=1S/C21H26N6O2/c1-2-9-23-20(28)19-24-18(16-7-4-6-11-27(16)19)21(29)26-14-12-25(13-15-26)17-8-3-5-10-22-17/h2-3,5,8,10H,1,4,6-7,9,11-15H2,(H,23,28). The van der Waals surface area contributed by atoms with Crippen molar-refractivity contribution in [3.8, 4) is 0 Å². The minimum absolute atomic E-state index is 0.0842. The van der Waals surface area contributed by atoms with E-state index in [1.54, 1.807) is 12.3 Å². The Morgan fingerprint density at radius 3 is 2.69 bits per heavy atom. The zero-order valence-electron chi connectivity index (χ0n) is 16.5. The minimum Gasteiger partial charge on any atom is -0.353 e. The second-order valence-corrected chi connectivity index (χ2v) is 7.31. The molecule has 4 heterocycles. The van der Waals surface area contributed by atoms with Crippen LogP contribution < -0.4 is 10.2 Å². The molecule has 2 aliphatic rings. The van der Waals surface area contributed by atoms with Crippen molar-refractivity contribution < 1.29 is 9.59 Å². The van der Waals surface area contributed by atoms with E-state index in [0.29, 0.717) is 31.2 Å². The summed E-state index contributed by atoms with van der Waals surface area (Å²) in [5.74, 6) is 0.920. The molecular formula is C21H26N6O2. The van der Waals surface area contributed by atoms with Gasteiger partial charge in [0, 0.05) is 45.5 Å². The number of aromatic nitrogens is 3. The van der Waals surface area contributed by atoms with E-state index in [1.165, 1.54) is 0 Å². The number of pyridine rings is 1. The number of imidazole rings is 1. The van der Waals surface area contributed by atoms with Gasteiger partial charge < -0.3 is 19.7 Å². The lowest BCUT2D eigenvalue weighted by atomic mass is 10.1. The van der Waals surface area contributed by atoms with Crippen LogP contribution in [0.3, 0.4) is 0 Å². The topological polar surface area (TPSA) is 83.4 Å². The minimum atomic E-state index is -0.257. The van der Waals surface area contributed by atoms with Crippen LogP contribution in [0.15, 0.2) is 37.1 Å². The van der Waals surface area contributed by atoms with Gasteiger partial charge in [0.25, 0.3) is 11.8 Å². The van der Waals surface area contributed by atoms with E-state index in [4.69, 9.17) is 0 Å². The molecular weight excluding hydrogens is 368 g/mol. The Bertz CT molecular complexity index is 899. The highest BCUT2D eigenvalue weighted by Gasteiger charge is 2.31. The molecule has 0 saturated carbocycles. The Balaban J connectivity index is 1.51. The molecule has 8 nitrogen and oxygen atoms in total. The molecule has 0 atom stereocenters. The molecule has 1 N–H and O–H groups in total. The summed E-state index contributed by atoms with van der Waals surface area (Å²) in [4.78, 5) is 38.6. The number of carbonyl (C=O) groups excluding carboxylic acids is 2. The fraction of sp³-hybridized carbons (Fsp3) is 0.429. The maximum Gasteiger partial charge on any atom is 0.287 e. The predicted octanol–water partition coefficient (Wildman–Crippen LogP) is 1.49. The Morgan fingerprint density at radius 2 is 1.97 bits per heavy atom. The summed E-state index contributed by atoms with van der Waals surface area (Å²) < 4.78 is 1.92. The lowest BCUT2D eigenvalue weighted by molar-refractivity contribution is 0.0739. The number of hydrogen-bond acceptors (Lipinski definition) is 5. The first-order valence-corrected chi connectivity index (χ1v) is 10.1. The molecule has 0 aromatic carbocycles. The number of anilines is 1. The fourth-order valence-corrected chi connectivity index (χ4v) is 3.96. The third-order valence-electron chi connectivity index (χ3n) is 5.47. The molecule has 152 valence electrons. The van der Waals surface area contributed by atoms with Gasteiger partial charge in [0.2, 0.25) is 0 Å². The number of amides is 2. The van der Waals surface area contributed by atoms with Crippen LogP contribution in [0.25, 0.3) is 0 Å². The third kappa shape index (κ3) is 3.87. The Labute approximate surface area is 170 Å². The summed E-state index contributed by atoms with van der Waals surface area (Å²) in [6.45, 7) is 7.40. The number of nitrogens with zero attached hydrogens (tertiary/aromatic N) is 5. The summed E-state index contributed by atoms with van der Waals surface area (Å²) in [7, 11) is 0. The number of piperazine rings is 1. The molecule has 4 rings (SSSR count). The quantitative estimate of drug-likeness (QED) is 0.777. The molecule has 1 fully saturated rings. The molecule has 1 saturated heterocycles. The van der Waals surface area contributed by atoms with Gasteiger partial charge in [-0.15, -0.1) is 6.58 Å². The summed E-state index contributed by atoms with van der Waals surface area (Å²) in [5, 5.41) is 2.78. The molecule has 2 aromatic rings. The lowest BCUT2D eigenvalue weighted by Gasteiger charge is -2.35. The van der Waals surface area contributed by atoms with E-state index >= 15 is 0 Å². The van der Waals surface area contributed by atoms with Gasteiger partial charge in [-0.25, -0.2) is 9.97 Å². The number of carbonyl (C=O) groups is 2. The first-order valence-electron chi connectivity index (χ1n) is 10.1. The van der Waals surface area contributed by atoms with Crippen molar-refractivity contribution in [2.75, 3.05) is 37.6 Å². The van der Waals surface area contributed by atoms with E-state index in [-0.39, 0.29) is 11.8 Å². The van der Waals surface area contributed by atoms with Gasteiger partial charge in [-0.1, -0.05) is 12.1 Å². The second-order valence-electron chi connectivity index (χ2n) is 7.31. The second kappa shape index (κ2) is 8.46. The van der Waals surface area contributed by atoms with Crippen molar-refractivity contribution in [2.45, 2.75) is 25.8 Å². The Morgan fingerprint density at radius 1 is 1.14 bits per heavy atom. The molecule has 0 unspecified atom stereocenters. The van der Waals surface area contributed by atoms with Crippen molar-refractivity contribution in [2.24, 2.45) is 0 Å². The van der Waals surface area contributed by atoms with Gasteiger partial charge in [-0.3, -0.25) is 9.59 Å². The van der Waals surface area contributed by atoms with Crippen LogP contribution in [-0.4, -0.2) is 64.0 Å². The summed E-state index contributed by atoms with van der Waals surface area (Å²) in [6, 6.07) is 5.85. The van der Waals surface area contributed by atoms with Crippen molar-refractivity contribution in [3.63, 3.8) is 0 Å². The molecule has 2 aromatic heterocycles. The fourth-order valence-electron chi connectivity index (χ4n) is 3.96. The van der Waals surface area contributed by atoms with Crippen LogP contribution in [0.2, 0.25) is 0 Å². The normalized spacial score (nSPS) is 16.3. The van der Waals surface area contributed by atoms with E-state index in [9.17, 15) is 9.59 Å². The van der Waals surface area contributed by atoms with Gasteiger partial charge in [-0.2, -0.15) is 0 Å². The van der Waals surface area contributed by atoms with Gasteiger partial charge >= 0.3 is 0 Å². The summed E-state index contributed by atoms with van der Waals surface area (Å²) >= 11 is 0. The first kappa shape index (κ1) is 19.2. The van der Waals surface area contributed by atoms with Crippen LogP contribution in [0.4, 0.5) is 5.82 Å². The van der Waals surface area contributed by atoms with Crippen molar-refractivity contribution >= 4 is 17.6 Å². The molecule has 0 radical (unpaired) electrons. The average Bonchev–Trinajstić information content (AvgIpc) is 3.17. The van der Waals surface area contributed by atoms with Crippen molar-refractivity contribution in [1.29, 1.82) is 0 Å². The van der Waals surface area contributed by atoms with Crippen LogP contribution >= 0.6 is 0 Å². The average molecular weight is 394 g/mol. The highest BCUT2D eigenvalue weighted by molar-refractivity contribution is 5.97. The van der Waals surface area contributed by atoms with E-state index in [2.05, 4.69) is 26.8 Å². The van der Waals surface area contributed by atoms with E-state index in [0.717, 1.165) is 50.4 Å². The van der Waals surface area contributed by atoms with E-state index < -0.39 is 0 Å². The number of nitrogens with one attached hydrogen (secondary N) is 1. The monoisotopic (exact) mass is 394 g/mol. The van der Waals surface area contributed by atoms with Gasteiger partial charge in [0.15, 0.2) is 5.82 Å². The largest absolute Gasteiger partial charge is 0.353 e. The highest BCUT2D eigenvalue weighted by Crippen LogP contribution is 2.23. The zero-order chi connectivity index (χ0) is 20.2. The Kier molecular flexibility index (Phi) is 5.59. The maximum atomic E-state index is 13.2. The van der Waals surface area contributed by atoms with Gasteiger partial charge in [0.1, 0.15) is 11.5 Å². The van der Waals surface area contributed by atoms with Gasteiger partial charge in [-0.05, 0) is 31.4 Å². The summed E-state index contributed by atoms with van der Waals surface area (Å²) in [5.41, 5.74) is 1.32. The van der Waals surface area contributed by atoms with Crippen LogP contribution in [0.1, 0.15) is 39.6 Å². The SMILES string of the molecule is C=CCNC(=O)c1nc(C(=O)N2CCN(c3ccccn3)CC2)c2n1CCCC2. The van der Waals surface area contributed by atoms with Crippen LogP contribution in [0, 0.1) is 0 Å². The highest BCUT2D eigenvalue weighted by atomic mass is 16.2. The molecule has 0 aliphatic carbocycles. The zero-order valence-corrected chi connectivity index (χ0v) is 16.5. The Hall–Kier alpha value is -3.16. The predicted molar refractivity (Wildman–Crippen MR) is 110 cm³/mol. The molecule has 8 heteroatoms. The maximum absolute atomic E-state index is 13.2. The number of hydrogen-bond donors (Lipinski definition) is 1. The first-order chi connectivity index (χ1) is 14.2. The lowest BCUT2D eigenvalue weighted by Crippen LogP contribution is -2.49. The van der Waals surface area contributed by atoms with Crippen LogP contribution in [0.5, 0.6) is 0 Å².